The van der Waals surface area contributed by atoms with Crippen molar-refractivity contribution in [2.75, 3.05) is 20.1 Å². The molecule has 0 aromatic heterocycles. The minimum absolute atomic E-state index is 0.0232. The number of hydrogen-bond acceptors (Lipinski definition) is 2. The van der Waals surface area contributed by atoms with Gasteiger partial charge in [-0.1, -0.05) is 63.8 Å². The number of hydrogen-bond donors (Lipinski definition) is 1. The van der Waals surface area contributed by atoms with E-state index in [4.69, 9.17) is 0 Å². The molecule has 0 atom stereocenters. The number of unbranched alkanes of at least 4 members (excludes halogenated alkanes) is 4. The molecule has 0 unspecified atom stereocenters. The smallest absolute Gasteiger partial charge is 0.253 e. The molecule has 1 N–H and O–H groups in total. The summed E-state index contributed by atoms with van der Waals surface area (Å²) in [7, 11) is 1.82. The molecule has 4 nitrogen and oxygen atoms in total. The van der Waals surface area contributed by atoms with Crippen LogP contribution in [0.1, 0.15) is 90.6 Å². The zero-order valence-electron chi connectivity index (χ0n) is 20.2. The van der Waals surface area contributed by atoms with Gasteiger partial charge in [-0.15, -0.1) is 0 Å². The van der Waals surface area contributed by atoms with Crippen LogP contribution in [0.25, 0.3) is 0 Å². The second-order valence-electron chi connectivity index (χ2n) is 8.64. The Morgan fingerprint density at radius 2 is 1.22 bits per heavy atom. The zero-order valence-corrected chi connectivity index (χ0v) is 20.2. The maximum atomic E-state index is 12.6. The van der Waals surface area contributed by atoms with Gasteiger partial charge in [0.15, 0.2) is 0 Å². The standard InChI is InChI=1S/C28H40N2O2/c1-4-6-8-11-23-13-17-25(18-14-23)27(31)29-21-10-22-30(3)28(32)26-19-15-24(16-20-26)12-9-7-5-2/h13-20H,4-12,21-22H2,1-3H3,(H,29,31). The molecule has 0 spiro atoms. The first-order valence-electron chi connectivity index (χ1n) is 12.3. The maximum Gasteiger partial charge on any atom is 0.253 e. The number of nitrogens with zero attached hydrogens (tertiary/aromatic N) is 1. The summed E-state index contributed by atoms with van der Waals surface area (Å²) in [5, 5.41) is 2.96. The van der Waals surface area contributed by atoms with E-state index in [1.54, 1.807) is 4.90 Å². The van der Waals surface area contributed by atoms with E-state index in [9.17, 15) is 9.59 Å². The van der Waals surface area contributed by atoms with Gasteiger partial charge >= 0.3 is 0 Å². The lowest BCUT2D eigenvalue weighted by Gasteiger charge is -2.17. The first kappa shape index (κ1) is 25.6. The quantitative estimate of drug-likeness (QED) is 0.367. The minimum Gasteiger partial charge on any atom is -0.352 e. The molecule has 4 heteroatoms. The van der Waals surface area contributed by atoms with E-state index >= 15 is 0 Å². The van der Waals surface area contributed by atoms with Crippen molar-refractivity contribution < 1.29 is 9.59 Å². The van der Waals surface area contributed by atoms with E-state index in [1.807, 2.05) is 43.4 Å². The maximum absolute atomic E-state index is 12.6. The highest BCUT2D eigenvalue weighted by molar-refractivity contribution is 5.94. The molecule has 0 heterocycles. The first-order valence-corrected chi connectivity index (χ1v) is 12.3. The Morgan fingerprint density at radius 1 is 0.719 bits per heavy atom. The Bertz CT molecular complexity index is 812. The summed E-state index contributed by atoms with van der Waals surface area (Å²) in [5.74, 6) is -0.0344. The number of benzene rings is 2. The molecule has 0 bridgehead atoms. The van der Waals surface area contributed by atoms with Crippen LogP contribution in [0.4, 0.5) is 0 Å². The number of amides is 2. The lowest BCUT2D eigenvalue weighted by molar-refractivity contribution is 0.0793. The van der Waals surface area contributed by atoms with Crippen molar-refractivity contribution in [2.24, 2.45) is 0 Å². The van der Waals surface area contributed by atoms with Gasteiger partial charge in [0.05, 0.1) is 0 Å². The topological polar surface area (TPSA) is 49.4 Å². The molecule has 0 aliphatic heterocycles. The summed E-state index contributed by atoms with van der Waals surface area (Å²) in [6.07, 6.45) is 10.2. The first-order chi connectivity index (χ1) is 15.5. The van der Waals surface area contributed by atoms with Crippen LogP contribution in [0, 0.1) is 0 Å². The van der Waals surface area contributed by atoms with E-state index in [0.717, 1.165) is 24.8 Å². The van der Waals surface area contributed by atoms with Crippen molar-refractivity contribution in [2.45, 2.75) is 71.6 Å². The zero-order chi connectivity index (χ0) is 23.2. The molecule has 0 saturated carbocycles. The summed E-state index contributed by atoms with van der Waals surface area (Å²) >= 11 is 0. The third-order valence-corrected chi connectivity index (χ3v) is 5.86. The Morgan fingerprint density at radius 3 is 1.72 bits per heavy atom. The lowest BCUT2D eigenvalue weighted by Crippen LogP contribution is -2.31. The fraction of sp³-hybridized carbons (Fsp3) is 0.500. The van der Waals surface area contributed by atoms with Gasteiger partial charge in [-0.3, -0.25) is 9.59 Å². The molecule has 0 saturated heterocycles. The van der Waals surface area contributed by atoms with Crippen LogP contribution in [0.2, 0.25) is 0 Å². The van der Waals surface area contributed by atoms with Crippen molar-refractivity contribution in [3.63, 3.8) is 0 Å². The van der Waals surface area contributed by atoms with E-state index in [0.29, 0.717) is 18.7 Å². The summed E-state index contributed by atoms with van der Waals surface area (Å²) in [5.41, 5.74) is 3.97. The van der Waals surface area contributed by atoms with E-state index in [1.165, 1.54) is 49.7 Å². The highest BCUT2D eigenvalue weighted by Crippen LogP contribution is 2.11. The van der Waals surface area contributed by atoms with Crippen LogP contribution in [-0.2, 0) is 12.8 Å². The fourth-order valence-corrected chi connectivity index (χ4v) is 3.74. The highest BCUT2D eigenvalue weighted by Gasteiger charge is 2.12. The number of carbonyl (C=O) groups is 2. The molecule has 32 heavy (non-hydrogen) atoms. The molecule has 0 radical (unpaired) electrons. The molecule has 2 rings (SSSR count). The SMILES string of the molecule is CCCCCc1ccc(C(=O)NCCCN(C)C(=O)c2ccc(CCCCC)cc2)cc1. The Hall–Kier alpha value is -2.62. The van der Waals surface area contributed by atoms with Gasteiger partial charge < -0.3 is 10.2 Å². The summed E-state index contributed by atoms with van der Waals surface area (Å²) in [6.45, 7) is 5.56. The minimum atomic E-state index is -0.0576. The predicted octanol–water partition coefficient (Wildman–Crippen LogP) is 6.04. The number of rotatable bonds is 14. The van der Waals surface area contributed by atoms with Crippen molar-refractivity contribution in [1.82, 2.24) is 10.2 Å². The molecule has 0 aliphatic rings. The van der Waals surface area contributed by atoms with Crippen LogP contribution in [0.15, 0.2) is 48.5 Å². The van der Waals surface area contributed by atoms with Gasteiger partial charge in [0, 0.05) is 31.3 Å². The molecular weight excluding hydrogens is 396 g/mol. The van der Waals surface area contributed by atoms with Crippen molar-refractivity contribution in [3.05, 3.63) is 70.8 Å². The van der Waals surface area contributed by atoms with Crippen molar-refractivity contribution in [1.29, 1.82) is 0 Å². The second-order valence-corrected chi connectivity index (χ2v) is 8.64. The highest BCUT2D eigenvalue weighted by atomic mass is 16.2. The molecular formula is C28H40N2O2. The molecule has 0 aliphatic carbocycles. The summed E-state index contributed by atoms with van der Waals surface area (Å²) in [4.78, 5) is 26.7. The lowest BCUT2D eigenvalue weighted by atomic mass is 10.0. The van der Waals surface area contributed by atoms with E-state index in [-0.39, 0.29) is 11.8 Å². The van der Waals surface area contributed by atoms with E-state index in [2.05, 4.69) is 31.3 Å². The molecule has 174 valence electrons. The average Bonchev–Trinajstić information content (AvgIpc) is 2.82. The average molecular weight is 437 g/mol. The van der Waals surface area contributed by atoms with Crippen LogP contribution >= 0.6 is 0 Å². The normalized spacial score (nSPS) is 10.7. The second kappa shape index (κ2) is 14.4. The van der Waals surface area contributed by atoms with Crippen LogP contribution in [0.3, 0.4) is 0 Å². The van der Waals surface area contributed by atoms with Crippen LogP contribution in [-0.4, -0.2) is 36.9 Å². The molecule has 2 amide bonds. The largest absolute Gasteiger partial charge is 0.352 e. The number of nitrogens with one attached hydrogen (secondary N) is 1. The molecule has 2 aromatic rings. The third kappa shape index (κ3) is 8.86. The van der Waals surface area contributed by atoms with Crippen molar-refractivity contribution in [3.8, 4) is 0 Å². The number of carbonyl (C=O) groups excluding carboxylic acids is 2. The fourth-order valence-electron chi connectivity index (χ4n) is 3.74. The summed E-state index contributed by atoms with van der Waals surface area (Å²) in [6, 6.07) is 15.9. The Balaban J connectivity index is 1.70. The van der Waals surface area contributed by atoms with Gasteiger partial charge in [-0.05, 0) is 67.5 Å². The predicted molar refractivity (Wildman–Crippen MR) is 133 cm³/mol. The van der Waals surface area contributed by atoms with Gasteiger partial charge in [0.2, 0.25) is 0 Å². The summed E-state index contributed by atoms with van der Waals surface area (Å²) < 4.78 is 0. The third-order valence-electron chi connectivity index (χ3n) is 5.86. The Kier molecular flexibility index (Phi) is 11.6. The monoisotopic (exact) mass is 436 g/mol. The van der Waals surface area contributed by atoms with Gasteiger partial charge in [0.25, 0.3) is 11.8 Å². The van der Waals surface area contributed by atoms with Gasteiger partial charge in [-0.25, -0.2) is 0 Å². The van der Waals surface area contributed by atoms with Crippen LogP contribution < -0.4 is 5.32 Å². The number of aryl methyl sites for hydroxylation is 2. The van der Waals surface area contributed by atoms with Gasteiger partial charge in [0.1, 0.15) is 0 Å². The van der Waals surface area contributed by atoms with E-state index < -0.39 is 0 Å². The van der Waals surface area contributed by atoms with Crippen LogP contribution in [0.5, 0.6) is 0 Å². The van der Waals surface area contributed by atoms with Crippen molar-refractivity contribution >= 4 is 11.8 Å². The Labute approximate surface area is 194 Å². The molecule has 2 aromatic carbocycles. The molecule has 0 fully saturated rings. The van der Waals surface area contributed by atoms with Gasteiger partial charge in [-0.2, -0.15) is 0 Å².